The number of hydrogen-bond acceptors (Lipinski definition) is 6. The van der Waals surface area contributed by atoms with Gasteiger partial charge in [0.05, 0.1) is 38.0 Å². The zero-order chi connectivity index (χ0) is 22.1. The number of hydrogen-bond donors (Lipinski definition) is 0. The highest BCUT2D eigenvalue weighted by Crippen LogP contribution is 2.33. The Labute approximate surface area is 183 Å². The summed E-state index contributed by atoms with van der Waals surface area (Å²) in [7, 11) is 3.04. The van der Waals surface area contributed by atoms with E-state index >= 15 is 0 Å². The molecular formula is C24H22N2O4S. The fraction of sp³-hybridized carbons (Fsp3) is 0.208. The first kappa shape index (κ1) is 20.8. The number of thiophene rings is 1. The van der Waals surface area contributed by atoms with Gasteiger partial charge in [0.15, 0.2) is 5.78 Å². The van der Waals surface area contributed by atoms with E-state index in [0.29, 0.717) is 27.3 Å². The van der Waals surface area contributed by atoms with E-state index in [0.717, 1.165) is 22.3 Å². The van der Waals surface area contributed by atoms with E-state index in [1.54, 1.807) is 25.3 Å². The van der Waals surface area contributed by atoms with Crippen molar-refractivity contribution in [2.75, 3.05) is 14.2 Å². The molecule has 6 nitrogen and oxygen atoms in total. The van der Waals surface area contributed by atoms with E-state index in [4.69, 9.17) is 9.47 Å². The molecule has 0 aliphatic heterocycles. The summed E-state index contributed by atoms with van der Waals surface area (Å²) in [6.45, 7) is 3.93. The van der Waals surface area contributed by atoms with Gasteiger partial charge in [-0.15, -0.1) is 11.3 Å². The van der Waals surface area contributed by atoms with E-state index < -0.39 is 0 Å². The lowest BCUT2D eigenvalue weighted by atomic mass is 9.99. The van der Waals surface area contributed by atoms with Crippen molar-refractivity contribution in [1.29, 1.82) is 0 Å². The summed E-state index contributed by atoms with van der Waals surface area (Å²) in [5, 5.41) is 2.49. The third kappa shape index (κ3) is 3.84. The van der Waals surface area contributed by atoms with Gasteiger partial charge < -0.3 is 9.47 Å². The molecule has 0 bridgehead atoms. The Balaban J connectivity index is 1.75. The number of nitrogens with zero attached hydrogens (tertiary/aromatic N) is 2. The number of benzene rings is 2. The lowest BCUT2D eigenvalue weighted by Crippen LogP contribution is -2.24. The SMILES string of the molecule is COc1ccc(C(=O)Cn2cnc3scc(-c4ccc(C)cc4C)c3c2=O)c(OC)c1. The maximum atomic E-state index is 13.3. The third-order valence-electron chi connectivity index (χ3n) is 5.26. The van der Waals surface area contributed by atoms with Crippen LogP contribution in [0.15, 0.2) is 52.9 Å². The minimum absolute atomic E-state index is 0.132. The molecule has 2 aromatic heterocycles. The van der Waals surface area contributed by atoms with Gasteiger partial charge in [0, 0.05) is 17.0 Å². The molecule has 0 unspecified atom stereocenters. The van der Waals surface area contributed by atoms with Crippen molar-refractivity contribution in [3.05, 3.63) is 75.1 Å². The zero-order valence-electron chi connectivity index (χ0n) is 17.8. The average molecular weight is 435 g/mol. The van der Waals surface area contributed by atoms with Gasteiger partial charge in [-0.05, 0) is 37.1 Å². The largest absolute Gasteiger partial charge is 0.497 e. The quantitative estimate of drug-likeness (QED) is 0.414. The number of rotatable bonds is 6. The van der Waals surface area contributed by atoms with Gasteiger partial charge in [-0.25, -0.2) is 4.98 Å². The van der Waals surface area contributed by atoms with Crippen LogP contribution in [0.1, 0.15) is 21.5 Å². The molecular weight excluding hydrogens is 412 g/mol. The van der Waals surface area contributed by atoms with Crippen LogP contribution in [0, 0.1) is 13.8 Å². The molecule has 0 fully saturated rings. The average Bonchev–Trinajstić information content (AvgIpc) is 3.19. The Bertz CT molecular complexity index is 1350. The zero-order valence-corrected chi connectivity index (χ0v) is 18.6. The molecule has 0 radical (unpaired) electrons. The highest BCUT2D eigenvalue weighted by atomic mass is 32.1. The van der Waals surface area contributed by atoms with E-state index in [9.17, 15) is 9.59 Å². The molecule has 0 aliphatic carbocycles. The summed E-state index contributed by atoms with van der Waals surface area (Å²) >= 11 is 1.43. The highest BCUT2D eigenvalue weighted by Gasteiger charge is 2.18. The second kappa shape index (κ2) is 8.35. The third-order valence-corrected chi connectivity index (χ3v) is 6.14. The number of carbonyl (C=O) groups is 1. The molecule has 0 N–H and O–H groups in total. The lowest BCUT2D eigenvalue weighted by molar-refractivity contribution is 0.0967. The summed E-state index contributed by atoms with van der Waals surface area (Å²) in [6, 6.07) is 11.1. The van der Waals surface area contributed by atoms with Gasteiger partial charge in [0.2, 0.25) is 0 Å². The Morgan fingerprint density at radius 2 is 1.87 bits per heavy atom. The van der Waals surface area contributed by atoms with Crippen LogP contribution in [-0.4, -0.2) is 29.6 Å². The number of aryl methyl sites for hydroxylation is 2. The summed E-state index contributed by atoms with van der Waals surface area (Å²) in [5.74, 6) is 0.744. The molecule has 158 valence electrons. The second-order valence-corrected chi connectivity index (χ2v) is 8.17. The Morgan fingerprint density at radius 3 is 2.58 bits per heavy atom. The fourth-order valence-corrected chi connectivity index (χ4v) is 4.56. The number of ether oxygens (including phenoxy) is 2. The smallest absolute Gasteiger partial charge is 0.263 e. The van der Waals surface area contributed by atoms with Crippen LogP contribution in [0.5, 0.6) is 11.5 Å². The van der Waals surface area contributed by atoms with Crippen molar-refractivity contribution in [3.63, 3.8) is 0 Å². The molecule has 2 heterocycles. The molecule has 0 saturated carbocycles. The molecule has 2 aromatic carbocycles. The molecule has 4 rings (SSSR count). The Kier molecular flexibility index (Phi) is 5.61. The van der Waals surface area contributed by atoms with Crippen molar-refractivity contribution >= 4 is 27.3 Å². The van der Waals surface area contributed by atoms with E-state index in [-0.39, 0.29) is 17.9 Å². The van der Waals surface area contributed by atoms with Crippen molar-refractivity contribution in [1.82, 2.24) is 9.55 Å². The topological polar surface area (TPSA) is 70.4 Å². The predicted molar refractivity (Wildman–Crippen MR) is 123 cm³/mol. The number of Topliss-reactive ketones (excluding diaryl/α,β-unsaturated/α-hetero) is 1. The predicted octanol–water partition coefficient (Wildman–Crippen LogP) is 4.64. The van der Waals surface area contributed by atoms with Crippen molar-refractivity contribution < 1.29 is 14.3 Å². The molecule has 0 saturated heterocycles. The van der Waals surface area contributed by atoms with Crippen LogP contribution < -0.4 is 15.0 Å². The minimum Gasteiger partial charge on any atom is -0.497 e. The number of fused-ring (bicyclic) bond motifs is 1. The minimum atomic E-state index is -0.244. The normalized spacial score (nSPS) is 11.0. The summed E-state index contributed by atoms with van der Waals surface area (Å²) in [6.07, 6.45) is 1.43. The van der Waals surface area contributed by atoms with Crippen molar-refractivity contribution in [2.24, 2.45) is 0 Å². The molecule has 4 aromatic rings. The first-order valence-corrected chi connectivity index (χ1v) is 10.6. The number of methoxy groups -OCH3 is 2. The molecule has 0 spiro atoms. The Morgan fingerprint density at radius 1 is 1.06 bits per heavy atom. The van der Waals surface area contributed by atoms with Crippen LogP contribution >= 0.6 is 11.3 Å². The Hall–Kier alpha value is -3.45. The summed E-state index contributed by atoms with van der Waals surface area (Å²) < 4.78 is 11.9. The maximum Gasteiger partial charge on any atom is 0.263 e. The van der Waals surface area contributed by atoms with E-state index in [1.165, 1.54) is 29.3 Å². The molecule has 0 amide bonds. The van der Waals surface area contributed by atoms with Gasteiger partial charge in [0.1, 0.15) is 16.3 Å². The number of aromatic nitrogens is 2. The van der Waals surface area contributed by atoms with Gasteiger partial charge in [-0.1, -0.05) is 23.8 Å². The lowest BCUT2D eigenvalue weighted by Gasteiger charge is -2.11. The van der Waals surface area contributed by atoms with Gasteiger partial charge >= 0.3 is 0 Å². The first-order chi connectivity index (χ1) is 14.9. The van der Waals surface area contributed by atoms with Crippen LogP contribution in [0.3, 0.4) is 0 Å². The molecule has 0 atom stereocenters. The highest BCUT2D eigenvalue weighted by molar-refractivity contribution is 7.17. The molecule has 7 heteroatoms. The van der Waals surface area contributed by atoms with E-state index in [2.05, 4.69) is 11.1 Å². The monoisotopic (exact) mass is 434 g/mol. The summed E-state index contributed by atoms with van der Waals surface area (Å²) in [5.41, 5.74) is 4.25. The standard InChI is InChI=1S/C24H22N2O4S/c1-14-5-7-17(15(2)9-14)19-12-31-23-22(19)24(28)26(13-25-23)11-20(27)18-8-6-16(29-3)10-21(18)30-4/h5-10,12-13H,11H2,1-4H3. The number of ketones is 1. The van der Waals surface area contributed by atoms with Crippen LogP contribution in [0.25, 0.3) is 21.3 Å². The fourth-order valence-electron chi connectivity index (χ4n) is 3.66. The summed E-state index contributed by atoms with van der Waals surface area (Å²) in [4.78, 5) is 31.4. The first-order valence-electron chi connectivity index (χ1n) is 9.72. The van der Waals surface area contributed by atoms with Gasteiger partial charge in [-0.3, -0.25) is 14.2 Å². The van der Waals surface area contributed by atoms with Crippen LogP contribution in [0.2, 0.25) is 0 Å². The van der Waals surface area contributed by atoms with Gasteiger partial charge in [0.25, 0.3) is 5.56 Å². The molecule has 0 aliphatic rings. The van der Waals surface area contributed by atoms with Crippen molar-refractivity contribution in [3.8, 4) is 22.6 Å². The van der Waals surface area contributed by atoms with E-state index in [1.807, 2.05) is 31.4 Å². The maximum absolute atomic E-state index is 13.3. The van der Waals surface area contributed by atoms with Crippen LogP contribution in [-0.2, 0) is 6.54 Å². The van der Waals surface area contributed by atoms with Crippen LogP contribution in [0.4, 0.5) is 0 Å². The number of carbonyl (C=O) groups excluding carboxylic acids is 1. The van der Waals surface area contributed by atoms with Crippen molar-refractivity contribution in [2.45, 2.75) is 20.4 Å². The molecule has 31 heavy (non-hydrogen) atoms. The second-order valence-electron chi connectivity index (χ2n) is 7.31. The van der Waals surface area contributed by atoms with Gasteiger partial charge in [-0.2, -0.15) is 0 Å².